The highest BCUT2D eigenvalue weighted by Gasteiger charge is 2.47. The maximum atomic E-state index is 13.0. The summed E-state index contributed by atoms with van der Waals surface area (Å²) >= 11 is 0. The molecule has 8 heteroatoms. The Morgan fingerprint density at radius 2 is 1.82 bits per heavy atom. The van der Waals surface area contributed by atoms with Gasteiger partial charge in [-0.1, -0.05) is 25.5 Å². The predicted molar refractivity (Wildman–Crippen MR) is 122 cm³/mol. The Balaban J connectivity index is 1.20. The molecule has 0 saturated carbocycles. The number of hydrogen-bond donors (Lipinski definition) is 1. The molecule has 8 nitrogen and oxygen atoms in total. The first-order chi connectivity index (χ1) is 15.9. The van der Waals surface area contributed by atoms with Crippen molar-refractivity contribution in [2.24, 2.45) is 4.99 Å². The Hall–Kier alpha value is -2.29. The number of carbonyl (C=O) groups is 2. The number of ether oxygens (including phenoxy) is 2. The van der Waals surface area contributed by atoms with Crippen molar-refractivity contribution < 1.29 is 24.2 Å². The lowest BCUT2D eigenvalue weighted by molar-refractivity contribution is -0.201. The Kier molecular flexibility index (Phi) is 6.01. The van der Waals surface area contributed by atoms with Crippen LogP contribution in [0.2, 0.25) is 0 Å². The zero-order valence-corrected chi connectivity index (χ0v) is 19.3. The summed E-state index contributed by atoms with van der Waals surface area (Å²) in [7, 11) is 0. The van der Waals surface area contributed by atoms with Gasteiger partial charge in [-0.25, -0.2) is 0 Å². The van der Waals surface area contributed by atoms with Gasteiger partial charge in [-0.2, -0.15) is 0 Å². The van der Waals surface area contributed by atoms with E-state index in [0.29, 0.717) is 31.7 Å². The van der Waals surface area contributed by atoms with E-state index < -0.39 is 5.60 Å². The number of piperazine rings is 1. The number of benzene rings is 1. The summed E-state index contributed by atoms with van der Waals surface area (Å²) in [5, 5.41) is 10.2. The van der Waals surface area contributed by atoms with E-state index >= 15 is 0 Å². The molecule has 33 heavy (non-hydrogen) atoms. The highest BCUT2D eigenvalue weighted by molar-refractivity contribution is 5.95. The number of hydrogen-bond acceptors (Lipinski definition) is 6. The number of rotatable bonds is 5. The molecule has 1 N–H and O–H groups in total. The number of nitrogens with zero attached hydrogens (tertiary/aromatic N) is 3. The van der Waals surface area contributed by atoms with Gasteiger partial charge in [0.2, 0.25) is 0 Å². The zero-order valence-electron chi connectivity index (χ0n) is 19.3. The normalized spacial score (nSPS) is 28.7. The van der Waals surface area contributed by atoms with Crippen molar-refractivity contribution in [1.82, 2.24) is 9.80 Å². The van der Waals surface area contributed by atoms with E-state index in [2.05, 4.69) is 6.92 Å². The smallest absolute Gasteiger partial charge is 0.259 e. The van der Waals surface area contributed by atoms with Gasteiger partial charge in [-0.3, -0.25) is 14.6 Å². The van der Waals surface area contributed by atoms with Crippen LogP contribution in [0, 0.1) is 0 Å². The zero-order chi connectivity index (χ0) is 23.1. The average Bonchev–Trinajstić information content (AvgIpc) is 3.25. The van der Waals surface area contributed by atoms with Crippen molar-refractivity contribution in [2.45, 2.75) is 56.3 Å². The molecule has 1 aromatic rings. The van der Waals surface area contributed by atoms with Gasteiger partial charge in [-0.05, 0) is 37.0 Å². The minimum Gasteiger partial charge on any atom is -0.376 e. The van der Waals surface area contributed by atoms with Gasteiger partial charge in [0.05, 0.1) is 25.9 Å². The molecule has 178 valence electrons. The quantitative estimate of drug-likeness (QED) is 0.733. The lowest BCUT2D eigenvalue weighted by atomic mass is 9.82. The van der Waals surface area contributed by atoms with Crippen LogP contribution in [0.25, 0.3) is 0 Å². The van der Waals surface area contributed by atoms with Crippen LogP contribution in [0.5, 0.6) is 0 Å². The van der Waals surface area contributed by atoms with Crippen LogP contribution in [-0.4, -0.2) is 89.6 Å². The van der Waals surface area contributed by atoms with Crippen LogP contribution < -0.4 is 0 Å². The van der Waals surface area contributed by atoms with Crippen molar-refractivity contribution in [3.8, 4) is 0 Å². The third kappa shape index (κ3) is 4.09. The molecule has 4 aliphatic heterocycles. The number of carbonyl (C=O) groups excluding carboxylic acids is 2. The standard InChI is InChI=1S/C25H33N3O5/c1-2-9-25-10-7-20(26-21(25)8-15-33-25)18-3-5-19(6-4-18)22(29)27-11-13-28(14-12-27)23(30)24(31)16-32-17-24/h3-6,20,31H,2,7-17H2,1H3. The molecule has 0 aromatic heterocycles. The molecule has 0 aliphatic carbocycles. The molecule has 0 bridgehead atoms. The fourth-order valence-corrected chi connectivity index (χ4v) is 5.52. The van der Waals surface area contributed by atoms with Crippen LogP contribution in [0.3, 0.4) is 0 Å². The minimum absolute atomic E-state index is 0.0274. The van der Waals surface area contributed by atoms with E-state index in [9.17, 15) is 14.7 Å². The average molecular weight is 456 g/mol. The Morgan fingerprint density at radius 3 is 2.45 bits per heavy atom. The Labute approximate surface area is 194 Å². The van der Waals surface area contributed by atoms with E-state index in [1.807, 2.05) is 24.3 Å². The third-order valence-corrected chi connectivity index (χ3v) is 7.51. The highest BCUT2D eigenvalue weighted by Crippen LogP contribution is 2.41. The molecule has 5 rings (SSSR count). The van der Waals surface area contributed by atoms with Crippen molar-refractivity contribution in [2.75, 3.05) is 46.0 Å². The van der Waals surface area contributed by atoms with Gasteiger partial charge < -0.3 is 24.4 Å². The topological polar surface area (TPSA) is 91.7 Å². The first-order valence-electron chi connectivity index (χ1n) is 12.1. The molecule has 3 fully saturated rings. The molecular weight excluding hydrogens is 422 g/mol. The second kappa shape index (κ2) is 8.81. The van der Waals surface area contributed by atoms with E-state index in [1.54, 1.807) is 9.80 Å². The van der Waals surface area contributed by atoms with Gasteiger partial charge in [0, 0.05) is 43.9 Å². The number of aliphatic hydroxyl groups is 1. The summed E-state index contributed by atoms with van der Waals surface area (Å²) in [6.45, 7) is 4.83. The Bertz CT molecular complexity index is 934. The number of amides is 2. The van der Waals surface area contributed by atoms with E-state index in [4.69, 9.17) is 14.5 Å². The Morgan fingerprint density at radius 1 is 1.12 bits per heavy atom. The highest BCUT2D eigenvalue weighted by atomic mass is 16.5. The van der Waals surface area contributed by atoms with Crippen LogP contribution in [0.15, 0.2) is 29.3 Å². The summed E-state index contributed by atoms with van der Waals surface area (Å²) in [6.07, 6.45) is 5.03. The van der Waals surface area contributed by atoms with Gasteiger partial charge in [0.1, 0.15) is 5.60 Å². The molecule has 0 radical (unpaired) electrons. The lowest BCUT2D eigenvalue weighted by Crippen LogP contribution is -2.64. The predicted octanol–water partition coefficient (Wildman–Crippen LogP) is 1.97. The fourth-order valence-electron chi connectivity index (χ4n) is 5.52. The summed E-state index contributed by atoms with van der Waals surface area (Å²) < 4.78 is 11.1. The second-order valence-corrected chi connectivity index (χ2v) is 9.70. The van der Waals surface area contributed by atoms with Crippen LogP contribution in [-0.2, 0) is 14.3 Å². The molecule has 1 aromatic carbocycles. The van der Waals surface area contributed by atoms with E-state index in [0.717, 1.165) is 44.3 Å². The third-order valence-electron chi connectivity index (χ3n) is 7.51. The van der Waals surface area contributed by atoms with Crippen LogP contribution in [0.4, 0.5) is 0 Å². The first kappa shape index (κ1) is 22.5. The molecule has 4 heterocycles. The largest absolute Gasteiger partial charge is 0.376 e. The lowest BCUT2D eigenvalue weighted by Gasteiger charge is -2.42. The van der Waals surface area contributed by atoms with Crippen LogP contribution in [0.1, 0.15) is 61.0 Å². The molecule has 3 saturated heterocycles. The number of fused-ring (bicyclic) bond motifs is 1. The summed E-state index contributed by atoms with van der Waals surface area (Å²) in [4.78, 5) is 33.9. The second-order valence-electron chi connectivity index (χ2n) is 9.70. The summed E-state index contributed by atoms with van der Waals surface area (Å²) in [5.41, 5.74) is 1.49. The van der Waals surface area contributed by atoms with Crippen molar-refractivity contribution in [3.05, 3.63) is 35.4 Å². The SMILES string of the molecule is CCCC12CCC(c3ccc(C(=O)N4CCN(C(=O)C5(O)COC5)CC4)cc3)N=C1CCO2. The van der Waals surface area contributed by atoms with Crippen LogP contribution >= 0.6 is 0 Å². The molecule has 4 aliphatic rings. The maximum absolute atomic E-state index is 13.0. The summed E-state index contributed by atoms with van der Waals surface area (Å²) in [5.74, 6) is -0.324. The maximum Gasteiger partial charge on any atom is 0.259 e. The van der Waals surface area contributed by atoms with Gasteiger partial charge in [0.25, 0.3) is 11.8 Å². The van der Waals surface area contributed by atoms with Crippen molar-refractivity contribution in [3.63, 3.8) is 0 Å². The van der Waals surface area contributed by atoms with E-state index in [1.165, 1.54) is 5.71 Å². The van der Waals surface area contributed by atoms with Gasteiger partial charge in [-0.15, -0.1) is 0 Å². The fraction of sp³-hybridized carbons (Fsp3) is 0.640. The first-order valence-corrected chi connectivity index (χ1v) is 12.1. The minimum atomic E-state index is -1.38. The van der Waals surface area contributed by atoms with E-state index in [-0.39, 0.29) is 36.7 Å². The van der Waals surface area contributed by atoms with Gasteiger partial charge >= 0.3 is 0 Å². The number of aliphatic imine (C=N–C) groups is 1. The van der Waals surface area contributed by atoms with Crippen molar-refractivity contribution >= 4 is 17.5 Å². The summed E-state index contributed by atoms with van der Waals surface area (Å²) in [6, 6.07) is 7.96. The van der Waals surface area contributed by atoms with Gasteiger partial charge in [0.15, 0.2) is 5.60 Å². The van der Waals surface area contributed by atoms with Crippen molar-refractivity contribution in [1.29, 1.82) is 0 Å². The molecule has 2 atom stereocenters. The molecular formula is C25H33N3O5. The molecule has 0 spiro atoms. The molecule has 2 unspecified atom stereocenters. The monoisotopic (exact) mass is 455 g/mol. The molecule has 2 amide bonds.